The van der Waals surface area contributed by atoms with Gasteiger partial charge < -0.3 is 14.8 Å². The Hall–Kier alpha value is -1.78. The molecule has 1 aliphatic heterocycles. The summed E-state index contributed by atoms with van der Waals surface area (Å²) < 4.78 is 10.8. The maximum absolute atomic E-state index is 11.6. The van der Waals surface area contributed by atoms with Crippen LogP contribution in [0.2, 0.25) is 0 Å². The molecular formula is C15H22N2O3. The molecule has 0 fully saturated rings. The molecule has 0 spiro atoms. The number of fused-ring (bicyclic) bond motifs is 1. The van der Waals surface area contributed by atoms with Crippen LogP contribution in [-0.4, -0.2) is 23.3 Å². The molecule has 0 aromatic carbocycles. The predicted molar refractivity (Wildman–Crippen MR) is 75.8 cm³/mol. The minimum absolute atomic E-state index is 0.000539. The molecular weight excluding hydrogens is 256 g/mol. The highest BCUT2D eigenvalue weighted by atomic mass is 16.6. The number of hydrogen-bond acceptors (Lipinski definition) is 4. The normalized spacial score (nSPS) is 16.2. The van der Waals surface area contributed by atoms with Crippen molar-refractivity contribution in [2.45, 2.75) is 52.2 Å². The molecule has 0 saturated heterocycles. The monoisotopic (exact) mass is 278 g/mol. The number of carbonyl (C=O) groups excluding carboxylic acids is 1. The van der Waals surface area contributed by atoms with E-state index in [1.807, 2.05) is 32.9 Å². The van der Waals surface area contributed by atoms with E-state index in [-0.39, 0.29) is 5.41 Å². The molecule has 1 aromatic rings. The Balaban J connectivity index is 1.97. The van der Waals surface area contributed by atoms with Crippen LogP contribution in [0.4, 0.5) is 4.79 Å². The third-order valence-electron chi connectivity index (χ3n) is 3.03. The molecule has 110 valence electrons. The Bertz CT molecular complexity index is 518. The second kappa shape index (κ2) is 4.96. The molecule has 0 radical (unpaired) electrons. The molecule has 0 bridgehead atoms. The number of amides is 1. The van der Waals surface area contributed by atoms with E-state index in [4.69, 9.17) is 9.47 Å². The van der Waals surface area contributed by atoms with E-state index < -0.39 is 11.7 Å². The number of rotatable bonds is 2. The molecule has 0 atom stereocenters. The highest BCUT2D eigenvalue weighted by Crippen LogP contribution is 2.36. The van der Waals surface area contributed by atoms with E-state index in [2.05, 4.69) is 24.1 Å². The van der Waals surface area contributed by atoms with Crippen LogP contribution in [0.3, 0.4) is 0 Å². The SMILES string of the molecule is CC(C)(C)OC(=O)NCc1ccc2c(n1)OCC2(C)C. The van der Waals surface area contributed by atoms with Gasteiger partial charge in [0.15, 0.2) is 0 Å². The van der Waals surface area contributed by atoms with E-state index in [0.717, 1.165) is 11.3 Å². The van der Waals surface area contributed by atoms with Crippen molar-refractivity contribution in [2.75, 3.05) is 6.61 Å². The summed E-state index contributed by atoms with van der Waals surface area (Å²) in [5.41, 5.74) is 1.37. The first-order valence-corrected chi connectivity index (χ1v) is 6.77. The van der Waals surface area contributed by atoms with Crippen molar-refractivity contribution < 1.29 is 14.3 Å². The highest BCUT2D eigenvalue weighted by molar-refractivity contribution is 5.67. The van der Waals surface area contributed by atoms with Gasteiger partial charge in [-0.25, -0.2) is 9.78 Å². The quantitative estimate of drug-likeness (QED) is 0.903. The van der Waals surface area contributed by atoms with Crippen LogP contribution in [0, 0.1) is 0 Å². The molecule has 20 heavy (non-hydrogen) atoms. The van der Waals surface area contributed by atoms with Crippen LogP contribution in [-0.2, 0) is 16.7 Å². The first kappa shape index (κ1) is 14.6. The number of aromatic nitrogens is 1. The van der Waals surface area contributed by atoms with Gasteiger partial charge in [-0.3, -0.25) is 0 Å². The zero-order chi connectivity index (χ0) is 15.0. The Morgan fingerprint density at radius 3 is 2.80 bits per heavy atom. The lowest BCUT2D eigenvalue weighted by Gasteiger charge is -2.19. The zero-order valence-electron chi connectivity index (χ0n) is 12.7. The minimum Gasteiger partial charge on any atom is -0.477 e. The summed E-state index contributed by atoms with van der Waals surface area (Å²) >= 11 is 0. The van der Waals surface area contributed by atoms with E-state index in [1.54, 1.807) is 0 Å². The summed E-state index contributed by atoms with van der Waals surface area (Å²) in [5.74, 6) is 0.665. The molecule has 1 aromatic heterocycles. The fourth-order valence-electron chi connectivity index (χ4n) is 2.01. The van der Waals surface area contributed by atoms with Crippen molar-refractivity contribution in [2.24, 2.45) is 0 Å². The number of alkyl carbamates (subject to hydrolysis) is 1. The smallest absolute Gasteiger partial charge is 0.407 e. The fraction of sp³-hybridized carbons (Fsp3) is 0.600. The molecule has 2 rings (SSSR count). The molecule has 5 heteroatoms. The molecule has 1 N–H and O–H groups in total. The van der Waals surface area contributed by atoms with Gasteiger partial charge in [0.1, 0.15) is 5.60 Å². The largest absolute Gasteiger partial charge is 0.477 e. The third kappa shape index (κ3) is 3.40. The van der Waals surface area contributed by atoms with E-state index in [0.29, 0.717) is 19.0 Å². The van der Waals surface area contributed by atoms with Crippen molar-refractivity contribution in [3.63, 3.8) is 0 Å². The van der Waals surface area contributed by atoms with Crippen LogP contribution in [0.1, 0.15) is 45.9 Å². The number of nitrogens with zero attached hydrogens (tertiary/aromatic N) is 1. The van der Waals surface area contributed by atoms with Crippen molar-refractivity contribution >= 4 is 6.09 Å². The van der Waals surface area contributed by atoms with Gasteiger partial charge in [0, 0.05) is 11.0 Å². The second-order valence-corrected chi connectivity index (χ2v) is 6.68. The van der Waals surface area contributed by atoms with Gasteiger partial charge in [-0.15, -0.1) is 0 Å². The lowest BCUT2D eigenvalue weighted by Crippen LogP contribution is -2.32. The first-order valence-electron chi connectivity index (χ1n) is 6.77. The molecule has 0 saturated carbocycles. The van der Waals surface area contributed by atoms with Gasteiger partial charge in [-0.1, -0.05) is 19.9 Å². The van der Waals surface area contributed by atoms with Crippen LogP contribution in [0.25, 0.3) is 0 Å². The average molecular weight is 278 g/mol. The molecule has 5 nitrogen and oxygen atoms in total. The molecule has 1 amide bonds. The van der Waals surface area contributed by atoms with Crippen LogP contribution < -0.4 is 10.1 Å². The van der Waals surface area contributed by atoms with Gasteiger partial charge in [0.25, 0.3) is 0 Å². The predicted octanol–water partition coefficient (Wildman–Crippen LogP) is 2.78. The molecule has 0 unspecified atom stereocenters. The minimum atomic E-state index is -0.497. The average Bonchev–Trinajstić information content (AvgIpc) is 2.60. The van der Waals surface area contributed by atoms with Gasteiger partial charge in [0.05, 0.1) is 18.8 Å². The second-order valence-electron chi connectivity index (χ2n) is 6.68. The number of hydrogen-bond donors (Lipinski definition) is 1. The summed E-state index contributed by atoms with van der Waals surface area (Å²) in [6, 6.07) is 3.92. The maximum Gasteiger partial charge on any atom is 0.407 e. The van der Waals surface area contributed by atoms with Crippen molar-refractivity contribution in [1.82, 2.24) is 10.3 Å². The van der Waals surface area contributed by atoms with Crippen LogP contribution in [0.5, 0.6) is 5.88 Å². The molecule has 2 heterocycles. The highest BCUT2D eigenvalue weighted by Gasteiger charge is 2.32. The van der Waals surface area contributed by atoms with Crippen LogP contribution in [0.15, 0.2) is 12.1 Å². The number of pyridine rings is 1. The third-order valence-corrected chi connectivity index (χ3v) is 3.03. The fourth-order valence-corrected chi connectivity index (χ4v) is 2.01. The van der Waals surface area contributed by atoms with Crippen molar-refractivity contribution in [3.8, 4) is 5.88 Å². The summed E-state index contributed by atoms with van der Waals surface area (Å²) in [6.07, 6.45) is -0.443. The molecule has 0 aliphatic carbocycles. The maximum atomic E-state index is 11.6. The number of carbonyl (C=O) groups is 1. The Kier molecular flexibility index (Phi) is 3.63. The summed E-state index contributed by atoms with van der Waals surface area (Å²) in [7, 11) is 0. The van der Waals surface area contributed by atoms with Gasteiger partial charge >= 0.3 is 6.09 Å². The first-order chi connectivity index (χ1) is 9.17. The van der Waals surface area contributed by atoms with Gasteiger partial charge in [-0.2, -0.15) is 0 Å². The lowest BCUT2D eigenvalue weighted by molar-refractivity contribution is 0.0523. The Morgan fingerprint density at radius 1 is 1.45 bits per heavy atom. The summed E-state index contributed by atoms with van der Waals surface area (Å²) in [6.45, 7) is 10.7. The van der Waals surface area contributed by atoms with Gasteiger partial charge in [0.2, 0.25) is 5.88 Å². The zero-order valence-corrected chi connectivity index (χ0v) is 12.7. The van der Waals surface area contributed by atoms with E-state index in [1.165, 1.54) is 0 Å². The molecule has 1 aliphatic rings. The lowest BCUT2D eigenvalue weighted by atomic mass is 9.88. The topological polar surface area (TPSA) is 60.5 Å². The summed E-state index contributed by atoms with van der Waals surface area (Å²) in [5, 5.41) is 2.69. The standard InChI is InChI=1S/C15H22N2O3/c1-14(2,3)20-13(18)16-8-10-6-7-11-12(17-10)19-9-15(11,4)5/h6-7H,8-9H2,1-5H3,(H,16,18). The summed E-state index contributed by atoms with van der Waals surface area (Å²) in [4.78, 5) is 16.0. The van der Waals surface area contributed by atoms with E-state index >= 15 is 0 Å². The Labute approximate surface area is 119 Å². The van der Waals surface area contributed by atoms with Crippen LogP contribution >= 0.6 is 0 Å². The number of ether oxygens (including phenoxy) is 2. The van der Waals surface area contributed by atoms with Crippen molar-refractivity contribution in [1.29, 1.82) is 0 Å². The Morgan fingerprint density at radius 2 is 2.15 bits per heavy atom. The number of nitrogens with one attached hydrogen (secondary N) is 1. The van der Waals surface area contributed by atoms with E-state index in [9.17, 15) is 4.79 Å². The van der Waals surface area contributed by atoms with Crippen molar-refractivity contribution in [3.05, 3.63) is 23.4 Å². The van der Waals surface area contributed by atoms with Gasteiger partial charge in [-0.05, 0) is 26.8 Å².